The van der Waals surface area contributed by atoms with E-state index in [-0.39, 0.29) is 26.9 Å². The number of alkyl halides is 6. The lowest BCUT2D eigenvalue weighted by molar-refractivity contribution is -0.144. The zero-order valence-electron chi connectivity index (χ0n) is 15.6. The molecule has 0 aliphatic heterocycles. The van der Waals surface area contributed by atoms with Crippen molar-refractivity contribution in [1.29, 1.82) is 0 Å². The molecule has 0 fully saturated rings. The van der Waals surface area contributed by atoms with Crippen molar-refractivity contribution in [3.63, 3.8) is 0 Å². The maximum atomic E-state index is 13.1. The topological polar surface area (TPSA) is 69.3 Å². The van der Waals surface area contributed by atoms with Gasteiger partial charge in [-0.3, -0.25) is 14.3 Å². The van der Waals surface area contributed by atoms with Gasteiger partial charge in [-0.1, -0.05) is 0 Å². The number of fused-ring (bicyclic) bond motifs is 1. The van der Waals surface area contributed by atoms with Crippen LogP contribution in [0, 0.1) is 13.8 Å². The highest BCUT2D eigenvalue weighted by molar-refractivity contribution is 7.17. The van der Waals surface area contributed by atoms with Crippen LogP contribution < -0.4 is 5.56 Å². The molecule has 0 saturated heterocycles. The van der Waals surface area contributed by atoms with Gasteiger partial charge in [0.2, 0.25) is 0 Å². The molecule has 0 aliphatic rings. The van der Waals surface area contributed by atoms with Gasteiger partial charge >= 0.3 is 12.4 Å². The molecule has 0 aromatic carbocycles. The van der Waals surface area contributed by atoms with Gasteiger partial charge in [-0.2, -0.15) is 31.4 Å². The predicted molar refractivity (Wildman–Crippen MR) is 94.8 cm³/mol. The van der Waals surface area contributed by atoms with E-state index in [2.05, 4.69) is 10.1 Å². The number of nitrogens with zero attached hydrogens (tertiary/aromatic N) is 4. The zero-order valence-corrected chi connectivity index (χ0v) is 16.4. The zero-order chi connectivity index (χ0) is 22.4. The summed E-state index contributed by atoms with van der Waals surface area (Å²) in [5.41, 5.74) is -1.87. The molecule has 0 aliphatic carbocycles. The molecule has 0 unspecified atom stereocenters. The molecule has 3 aromatic heterocycles. The second-order valence-electron chi connectivity index (χ2n) is 6.58. The summed E-state index contributed by atoms with van der Waals surface area (Å²) < 4.78 is 78.2. The van der Waals surface area contributed by atoms with E-state index in [0.29, 0.717) is 4.68 Å². The first-order valence-electron chi connectivity index (χ1n) is 8.50. The first-order chi connectivity index (χ1) is 13.8. The molecule has 3 aromatic rings. The molecule has 3 heterocycles. The lowest BCUT2D eigenvalue weighted by Gasteiger charge is -2.10. The Kier molecular flexibility index (Phi) is 5.52. The molecule has 162 valence electrons. The van der Waals surface area contributed by atoms with Crippen LogP contribution in [0.2, 0.25) is 0 Å². The fraction of sp³-hybridized carbons (Fsp3) is 0.412. The minimum atomic E-state index is -4.65. The van der Waals surface area contributed by atoms with Crippen molar-refractivity contribution in [2.75, 3.05) is 0 Å². The molecule has 0 spiro atoms. The number of thiazole rings is 1. The van der Waals surface area contributed by atoms with Gasteiger partial charge in [0.25, 0.3) is 5.56 Å². The standard InChI is InChI=1S/C17H14F6N4O2S/c1-8-5-12(17(21,22)23)26(25-8)7-10-6-13(29)27-14(9(2)30-15(27)24-10)11(28)3-4-16(18,19)20/h5-6H,3-4,7H2,1-2H3. The largest absolute Gasteiger partial charge is 0.433 e. The number of Topliss-reactive ketones (excluding diaryl/α,β-unsaturated/α-hetero) is 1. The molecular formula is C17H14F6N4O2S. The Balaban J connectivity index is 1.99. The van der Waals surface area contributed by atoms with E-state index in [9.17, 15) is 35.9 Å². The fourth-order valence-electron chi connectivity index (χ4n) is 2.95. The molecule has 6 nitrogen and oxygen atoms in total. The summed E-state index contributed by atoms with van der Waals surface area (Å²) in [7, 11) is 0. The smallest absolute Gasteiger partial charge is 0.292 e. The fourth-order valence-corrected chi connectivity index (χ4v) is 3.96. The number of aromatic nitrogens is 4. The maximum Gasteiger partial charge on any atom is 0.433 e. The maximum absolute atomic E-state index is 13.1. The van der Waals surface area contributed by atoms with Gasteiger partial charge in [0, 0.05) is 17.4 Å². The second kappa shape index (κ2) is 7.52. The third-order valence-electron chi connectivity index (χ3n) is 4.15. The quantitative estimate of drug-likeness (QED) is 0.431. The molecule has 3 rings (SSSR count). The van der Waals surface area contributed by atoms with Crippen molar-refractivity contribution in [3.8, 4) is 0 Å². The van der Waals surface area contributed by atoms with Crippen molar-refractivity contribution < 1.29 is 31.1 Å². The number of hydrogen-bond acceptors (Lipinski definition) is 5. The van der Waals surface area contributed by atoms with Crippen LogP contribution in [0.25, 0.3) is 4.96 Å². The van der Waals surface area contributed by atoms with Crippen molar-refractivity contribution in [3.05, 3.63) is 50.1 Å². The van der Waals surface area contributed by atoms with Crippen molar-refractivity contribution >= 4 is 22.1 Å². The van der Waals surface area contributed by atoms with E-state index in [1.54, 1.807) is 0 Å². The van der Waals surface area contributed by atoms with Gasteiger partial charge in [0.05, 0.1) is 24.4 Å². The number of halogens is 6. The van der Waals surface area contributed by atoms with Crippen molar-refractivity contribution in [2.24, 2.45) is 0 Å². The average molecular weight is 452 g/mol. The molecule has 0 radical (unpaired) electrons. The van der Waals surface area contributed by atoms with Gasteiger partial charge in [-0.15, -0.1) is 11.3 Å². The Morgan fingerprint density at radius 2 is 1.80 bits per heavy atom. The molecule has 13 heteroatoms. The Bertz CT molecular complexity index is 1170. The summed E-state index contributed by atoms with van der Waals surface area (Å²) in [4.78, 5) is 29.2. The monoisotopic (exact) mass is 452 g/mol. The molecule has 0 amide bonds. The summed E-state index contributed by atoms with van der Waals surface area (Å²) in [5.74, 6) is -0.866. The van der Waals surface area contributed by atoms with Crippen LogP contribution in [0.3, 0.4) is 0 Å². The summed E-state index contributed by atoms with van der Waals surface area (Å²) in [6.07, 6.45) is -11.3. The van der Waals surface area contributed by atoms with Gasteiger partial charge in [0.1, 0.15) is 11.4 Å². The van der Waals surface area contributed by atoms with Crippen molar-refractivity contribution in [2.45, 2.75) is 45.6 Å². The van der Waals surface area contributed by atoms with Crippen LogP contribution >= 0.6 is 11.3 Å². The summed E-state index contributed by atoms with van der Waals surface area (Å²) in [6, 6.07) is 1.80. The Hall–Kier alpha value is -2.70. The van der Waals surface area contributed by atoms with Crippen LogP contribution in [0.1, 0.15) is 45.3 Å². The Labute approximate surface area is 168 Å². The molecule has 0 N–H and O–H groups in total. The second-order valence-corrected chi connectivity index (χ2v) is 7.76. The first-order valence-corrected chi connectivity index (χ1v) is 9.31. The summed E-state index contributed by atoms with van der Waals surface area (Å²) in [6.45, 7) is 2.40. The van der Waals surface area contributed by atoms with Gasteiger partial charge in [-0.05, 0) is 19.9 Å². The van der Waals surface area contributed by atoms with E-state index >= 15 is 0 Å². The summed E-state index contributed by atoms with van der Waals surface area (Å²) >= 11 is 0.892. The highest BCUT2D eigenvalue weighted by Gasteiger charge is 2.35. The number of aryl methyl sites for hydroxylation is 2. The Morgan fingerprint density at radius 1 is 1.13 bits per heavy atom. The molecule has 0 saturated carbocycles. The minimum absolute atomic E-state index is 0.00259. The highest BCUT2D eigenvalue weighted by Crippen LogP contribution is 2.30. The molecular weight excluding hydrogens is 438 g/mol. The highest BCUT2D eigenvalue weighted by atomic mass is 32.1. The third-order valence-corrected chi connectivity index (χ3v) is 5.10. The molecule has 0 bridgehead atoms. The number of hydrogen-bond donors (Lipinski definition) is 0. The van der Waals surface area contributed by atoms with Crippen LogP contribution in [-0.4, -0.2) is 31.1 Å². The van der Waals surface area contributed by atoms with E-state index in [4.69, 9.17) is 0 Å². The Morgan fingerprint density at radius 3 is 2.40 bits per heavy atom. The van der Waals surface area contributed by atoms with Gasteiger partial charge in [0.15, 0.2) is 10.7 Å². The number of carbonyl (C=O) groups is 1. The van der Waals surface area contributed by atoms with E-state index < -0.39 is 48.8 Å². The van der Waals surface area contributed by atoms with Crippen LogP contribution in [0.15, 0.2) is 16.9 Å². The van der Waals surface area contributed by atoms with Crippen LogP contribution in [0.5, 0.6) is 0 Å². The minimum Gasteiger partial charge on any atom is -0.292 e. The van der Waals surface area contributed by atoms with E-state index in [0.717, 1.165) is 27.9 Å². The predicted octanol–water partition coefficient (Wildman–Crippen LogP) is 4.16. The SMILES string of the molecule is Cc1cc(C(F)(F)F)n(Cc2cc(=O)n3c(C(=O)CCC(F)(F)F)c(C)sc3n2)n1. The number of carbonyl (C=O) groups excluding carboxylic acids is 1. The normalized spacial score (nSPS) is 12.7. The third kappa shape index (κ3) is 4.55. The number of ketones is 1. The lowest BCUT2D eigenvalue weighted by Crippen LogP contribution is -2.22. The van der Waals surface area contributed by atoms with Crippen LogP contribution in [-0.2, 0) is 12.7 Å². The lowest BCUT2D eigenvalue weighted by atomic mass is 10.1. The van der Waals surface area contributed by atoms with Gasteiger partial charge in [-0.25, -0.2) is 9.38 Å². The molecule has 0 atom stereocenters. The molecule has 30 heavy (non-hydrogen) atoms. The van der Waals surface area contributed by atoms with Gasteiger partial charge < -0.3 is 0 Å². The van der Waals surface area contributed by atoms with Crippen LogP contribution in [0.4, 0.5) is 26.3 Å². The van der Waals surface area contributed by atoms with E-state index in [1.165, 1.54) is 13.8 Å². The first kappa shape index (κ1) is 22.0. The van der Waals surface area contributed by atoms with E-state index in [1.807, 2.05) is 0 Å². The summed E-state index contributed by atoms with van der Waals surface area (Å²) in [5, 5.41) is 3.77. The average Bonchev–Trinajstić information content (AvgIpc) is 3.11. The van der Waals surface area contributed by atoms with Crippen molar-refractivity contribution in [1.82, 2.24) is 19.2 Å². The number of rotatable bonds is 5.